The third-order valence-corrected chi connectivity index (χ3v) is 5.14. The number of aliphatic carboxylic acids is 1. The van der Waals surface area contributed by atoms with E-state index < -0.39 is 17.7 Å². The summed E-state index contributed by atoms with van der Waals surface area (Å²) in [6.45, 7) is 6.26. The quantitative estimate of drug-likeness (QED) is 0.855. The highest BCUT2D eigenvalue weighted by Gasteiger charge is 2.40. The van der Waals surface area contributed by atoms with E-state index in [-0.39, 0.29) is 17.8 Å². The minimum atomic E-state index is -4.36. The smallest absolute Gasteiger partial charge is 0.416 e. The highest BCUT2D eigenvalue weighted by molar-refractivity contribution is 5.67. The van der Waals surface area contributed by atoms with Crippen LogP contribution in [-0.2, 0) is 17.5 Å². The first kappa shape index (κ1) is 19.4. The molecule has 5 nitrogen and oxygen atoms in total. The fourth-order valence-corrected chi connectivity index (χ4v) is 3.65. The molecule has 1 fully saturated rings. The van der Waals surface area contributed by atoms with Crippen LogP contribution in [0.15, 0.2) is 36.7 Å². The SMILES string of the molecule is CC1(C)CN(Cc2cnn(-c3ccc(C(F)(F)F)cc3)c2)CC1CC(=O)O. The van der Waals surface area contributed by atoms with Gasteiger partial charge in [0.1, 0.15) is 0 Å². The monoisotopic (exact) mass is 381 g/mol. The van der Waals surface area contributed by atoms with Crippen molar-refractivity contribution < 1.29 is 23.1 Å². The Morgan fingerprint density at radius 3 is 2.56 bits per heavy atom. The van der Waals surface area contributed by atoms with Gasteiger partial charge >= 0.3 is 12.1 Å². The molecule has 3 rings (SSSR count). The summed E-state index contributed by atoms with van der Waals surface area (Å²) in [5, 5.41) is 13.3. The Bertz CT molecular complexity index is 812. The topological polar surface area (TPSA) is 58.4 Å². The van der Waals surface area contributed by atoms with E-state index in [0.29, 0.717) is 18.8 Å². The number of halogens is 3. The van der Waals surface area contributed by atoms with E-state index in [9.17, 15) is 18.0 Å². The lowest BCUT2D eigenvalue weighted by Crippen LogP contribution is -2.24. The first-order valence-electron chi connectivity index (χ1n) is 8.70. The number of alkyl halides is 3. The Hall–Kier alpha value is -2.35. The predicted molar refractivity (Wildman–Crippen MR) is 93.4 cm³/mol. The highest BCUT2D eigenvalue weighted by atomic mass is 19.4. The molecule has 1 aromatic carbocycles. The van der Waals surface area contributed by atoms with Gasteiger partial charge in [0.05, 0.1) is 17.4 Å². The molecule has 27 heavy (non-hydrogen) atoms. The Balaban J connectivity index is 1.67. The number of hydrogen-bond acceptors (Lipinski definition) is 3. The molecule has 2 aromatic rings. The lowest BCUT2D eigenvalue weighted by atomic mass is 9.80. The molecule has 0 bridgehead atoms. The molecular formula is C19H22F3N3O2. The number of carboxylic acids is 1. The largest absolute Gasteiger partial charge is 0.481 e. The van der Waals surface area contributed by atoms with Crippen molar-refractivity contribution in [3.8, 4) is 5.69 Å². The van der Waals surface area contributed by atoms with Gasteiger partial charge in [0.25, 0.3) is 0 Å². The molecule has 1 aliphatic rings. The summed E-state index contributed by atoms with van der Waals surface area (Å²) in [6.07, 6.45) is -0.730. The summed E-state index contributed by atoms with van der Waals surface area (Å²) in [7, 11) is 0. The molecule has 8 heteroatoms. The van der Waals surface area contributed by atoms with E-state index in [1.165, 1.54) is 12.1 Å². The summed E-state index contributed by atoms with van der Waals surface area (Å²) in [6, 6.07) is 4.86. The molecule has 0 aliphatic carbocycles. The van der Waals surface area contributed by atoms with Gasteiger partial charge in [-0.05, 0) is 35.6 Å². The van der Waals surface area contributed by atoms with E-state index in [1.54, 1.807) is 17.1 Å². The van der Waals surface area contributed by atoms with Crippen molar-refractivity contribution in [2.45, 2.75) is 33.0 Å². The molecule has 1 aromatic heterocycles. The van der Waals surface area contributed by atoms with Gasteiger partial charge in [0, 0.05) is 37.8 Å². The molecule has 2 heterocycles. The van der Waals surface area contributed by atoms with E-state index in [4.69, 9.17) is 5.11 Å². The summed E-state index contributed by atoms with van der Waals surface area (Å²) < 4.78 is 39.5. The van der Waals surface area contributed by atoms with Crippen molar-refractivity contribution >= 4 is 5.97 Å². The second-order valence-electron chi connectivity index (χ2n) is 7.79. The van der Waals surface area contributed by atoms with Crippen LogP contribution in [0.1, 0.15) is 31.4 Å². The van der Waals surface area contributed by atoms with Crippen LogP contribution in [0.5, 0.6) is 0 Å². The minimum absolute atomic E-state index is 0.0815. The summed E-state index contributed by atoms with van der Waals surface area (Å²) >= 11 is 0. The summed E-state index contributed by atoms with van der Waals surface area (Å²) in [5.74, 6) is -0.704. The van der Waals surface area contributed by atoms with E-state index in [2.05, 4.69) is 23.8 Å². The van der Waals surface area contributed by atoms with Crippen molar-refractivity contribution in [1.29, 1.82) is 0 Å². The fraction of sp³-hybridized carbons (Fsp3) is 0.474. The van der Waals surface area contributed by atoms with E-state index in [1.807, 2.05) is 0 Å². The van der Waals surface area contributed by atoms with Crippen LogP contribution in [0, 0.1) is 11.3 Å². The summed E-state index contributed by atoms with van der Waals surface area (Å²) in [4.78, 5) is 13.2. The van der Waals surface area contributed by atoms with Crippen molar-refractivity contribution in [3.05, 3.63) is 47.8 Å². The third kappa shape index (κ3) is 4.50. The maximum Gasteiger partial charge on any atom is 0.416 e. The first-order valence-corrected chi connectivity index (χ1v) is 8.70. The Kier molecular flexibility index (Phi) is 5.03. The van der Waals surface area contributed by atoms with Crippen LogP contribution in [0.3, 0.4) is 0 Å². The first-order chi connectivity index (χ1) is 12.5. The van der Waals surface area contributed by atoms with E-state index >= 15 is 0 Å². The normalized spacial score (nSPS) is 20.1. The number of nitrogens with zero attached hydrogens (tertiary/aromatic N) is 3. The van der Waals surface area contributed by atoms with E-state index in [0.717, 1.165) is 24.2 Å². The zero-order chi connectivity index (χ0) is 19.8. The lowest BCUT2D eigenvalue weighted by molar-refractivity contribution is -0.139. The molecule has 0 amide bonds. The Labute approximate surface area is 155 Å². The van der Waals surface area contributed by atoms with Gasteiger partial charge in [-0.25, -0.2) is 4.68 Å². The van der Waals surface area contributed by atoms with Crippen molar-refractivity contribution in [2.75, 3.05) is 13.1 Å². The number of hydrogen-bond donors (Lipinski definition) is 1. The number of likely N-dealkylation sites (tertiary alicyclic amines) is 1. The standard InChI is InChI=1S/C19H22F3N3O2/c1-18(2)12-24(11-15(18)7-17(26)27)9-13-8-23-25(10-13)16-5-3-14(4-6-16)19(20,21)22/h3-6,8,10,15H,7,9,11-12H2,1-2H3,(H,26,27). The second-order valence-corrected chi connectivity index (χ2v) is 7.79. The average Bonchev–Trinajstić information content (AvgIpc) is 3.11. The number of aromatic nitrogens is 2. The molecular weight excluding hydrogens is 359 g/mol. The molecule has 0 radical (unpaired) electrons. The average molecular weight is 381 g/mol. The minimum Gasteiger partial charge on any atom is -0.481 e. The van der Waals surface area contributed by atoms with Gasteiger partial charge in [0.2, 0.25) is 0 Å². The second kappa shape index (κ2) is 6.99. The lowest BCUT2D eigenvalue weighted by Gasteiger charge is -2.24. The maximum atomic E-state index is 12.7. The number of benzene rings is 1. The number of carboxylic acid groups (broad SMARTS) is 1. The van der Waals surface area contributed by atoms with Gasteiger partial charge in [-0.15, -0.1) is 0 Å². The molecule has 0 saturated carbocycles. The zero-order valence-corrected chi connectivity index (χ0v) is 15.2. The van der Waals surface area contributed by atoms with Crippen LogP contribution in [0.2, 0.25) is 0 Å². The number of carbonyl (C=O) groups is 1. The maximum absolute atomic E-state index is 12.7. The molecule has 1 aliphatic heterocycles. The molecule has 1 N–H and O–H groups in total. The van der Waals surface area contributed by atoms with Crippen LogP contribution in [0.4, 0.5) is 13.2 Å². The number of rotatable bonds is 5. The highest BCUT2D eigenvalue weighted by Crippen LogP contribution is 2.38. The van der Waals surface area contributed by atoms with Gasteiger partial charge in [-0.1, -0.05) is 13.8 Å². The van der Waals surface area contributed by atoms with Gasteiger partial charge < -0.3 is 5.11 Å². The third-order valence-electron chi connectivity index (χ3n) is 5.14. The fourth-order valence-electron chi connectivity index (χ4n) is 3.65. The van der Waals surface area contributed by atoms with Crippen molar-refractivity contribution in [1.82, 2.24) is 14.7 Å². The summed E-state index contributed by atoms with van der Waals surface area (Å²) in [5.41, 5.74) is 0.714. The van der Waals surface area contributed by atoms with Gasteiger partial charge in [-0.3, -0.25) is 9.69 Å². The van der Waals surface area contributed by atoms with Crippen LogP contribution >= 0.6 is 0 Å². The van der Waals surface area contributed by atoms with Gasteiger partial charge in [-0.2, -0.15) is 18.3 Å². The predicted octanol–water partition coefficient (Wildman–Crippen LogP) is 3.82. The molecule has 146 valence electrons. The molecule has 0 spiro atoms. The molecule has 1 saturated heterocycles. The van der Waals surface area contributed by atoms with Gasteiger partial charge in [0.15, 0.2) is 0 Å². The Morgan fingerprint density at radius 1 is 1.30 bits per heavy atom. The van der Waals surface area contributed by atoms with Crippen LogP contribution in [0.25, 0.3) is 5.69 Å². The Morgan fingerprint density at radius 2 is 1.96 bits per heavy atom. The zero-order valence-electron chi connectivity index (χ0n) is 15.2. The molecule has 1 atom stereocenters. The molecule has 1 unspecified atom stereocenters. The van der Waals surface area contributed by atoms with Crippen LogP contribution in [-0.4, -0.2) is 38.8 Å². The van der Waals surface area contributed by atoms with Crippen molar-refractivity contribution in [3.63, 3.8) is 0 Å². The van der Waals surface area contributed by atoms with Crippen molar-refractivity contribution in [2.24, 2.45) is 11.3 Å². The van der Waals surface area contributed by atoms with Crippen LogP contribution < -0.4 is 0 Å².